The molecule has 0 aliphatic heterocycles. The van der Waals surface area contributed by atoms with Crippen LogP contribution in [0.5, 0.6) is 0 Å². The summed E-state index contributed by atoms with van der Waals surface area (Å²) in [6, 6.07) is 8.87. The molecule has 1 aromatic heterocycles. The number of rotatable bonds is 2. The van der Waals surface area contributed by atoms with Crippen LogP contribution >= 0.6 is 11.6 Å². The molecule has 0 spiro atoms. The van der Waals surface area contributed by atoms with Crippen molar-refractivity contribution < 1.29 is 6.85 Å². The van der Waals surface area contributed by atoms with E-state index in [1.807, 2.05) is 0 Å². The molecule has 0 atom stereocenters. The van der Waals surface area contributed by atoms with Gasteiger partial charge in [-0.05, 0) is 24.1 Å². The summed E-state index contributed by atoms with van der Waals surface area (Å²) in [5.74, 6) is 0. The predicted molar refractivity (Wildman–Crippen MR) is 66.4 cm³/mol. The van der Waals surface area contributed by atoms with Crippen LogP contribution in [-0.2, 0) is 6.37 Å². The van der Waals surface area contributed by atoms with Crippen molar-refractivity contribution in [1.82, 2.24) is 4.57 Å². The molecule has 0 aliphatic carbocycles. The monoisotopic (exact) mass is 238 g/mol. The van der Waals surface area contributed by atoms with Crippen molar-refractivity contribution in [2.24, 2.45) is 0 Å². The van der Waals surface area contributed by atoms with Crippen molar-refractivity contribution in [3.63, 3.8) is 0 Å². The Kier molecular flexibility index (Phi) is 1.77. The van der Waals surface area contributed by atoms with Crippen molar-refractivity contribution in [2.75, 3.05) is 0 Å². The molecule has 0 bridgehead atoms. The highest BCUT2D eigenvalue weighted by atomic mass is 35.5. The van der Waals surface area contributed by atoms with E-state index in [0.717, 1.165) is 10.6 Å². The first-order valence-corrected chi connectivity index (χ1v) is 5.00. The third kappa shape index (κ3) is 2.02. The van der Waals surface area contributed by atoms with Gasteiger partial charge in [0, 0.05) is 19.1 Å². The van der Waals surface area contributed by atoms with Crippen LogP contribution in [-0.4, -0.2) is 4.57 Å². The fourth-order valence-electron chi connectivity index (χ4n) is 1.40. The molecule has 0 fully saturated rings. The predicted octanol–water partition coefficient (Wildman–Crippen LogP) is 3.05. The van der Waals surface area contributed by atoms with E-state index in [-0.39, 0.29) is 5.56 Å². The third-order valence-electron chi connectivity index (χ3n) is 2.17. The van der Waals surface area contributed by atoms with Crippen LogP contribution in [0.25, 0.3) is 5.69 Å². The molecule has 0 unspecified atom stereocenters. The maximum absolute atomic E-state index is 11.9. The van der Waals surface area contributed by atoms with Gasteiger partial charge >= 0.3 is 0 Å². The second kappa shape index (κ2) is 4.54. The van der Waals surface area contributed by atoms with E-state index in [1.165, 1.54) is 12.3 Å². The molecule has 2 aromatic rings. The van der Waals surface area contributed by atoms with Gasteiger partial charge in [-0.25, -0.2) is 0 Å². The zero-order valence-corrected chi connectivity index (χ0v) is 9.03. The van der Waals surface area contributed by atoms with Gasteiger partial charge in [0.25, 0.3) is 5.56 Å². The Morgan fingerprint density at radius 2 is 2.19 bits per heavy atom. The molecular weight excluding hydrogens is 222 g/mol. The van der Waals surface area contributed by atoms with E-state index >= 15 is 0 Å². The Balaban J connectivity index is 2.64. The first-order chi connectivity index (χ1) is 9.64. The van der Waals surface area contributed by atoms with Crippen molar-refractivity contribution in [3.05, 3.63) is 63.5 Å². The van der Waals surface area contributed by atoms with Gasteiger partial charge in [-0.3, -0.25) is 9.36 Å². The van der Waals surface area contributed by atoms with Crippen LogP contribution in [0.1, 0.15) is 19.3 Å². The maximum atomic E-state index is 11.9. The summed E-state index contributed by atoms with van der Waals surface area (Å²) in [5, 5.41) is 0.311. The van der Waals surface area contributed by atoms with Crippen LogP contribution in [0.4, 0.5) is 0 Å². The highest BCUT2D eigenvalue weighted by Gasteiger charge is 2.04. The number of para-hydroxylation sites is 1. The number of benzene rings is 1. The lowest BCUT2D eigenvalue weighted by molar-refractivity contribution is 0.953. The van der Waals surface area contributed by atoms with Crippen LogP contribution in [0.3, 0.4) is 0 Å². The molecule has 0 saturated heterocycles. The van der Waals surface area contributed by atoms with E-state index in [1.54, 1.807) is 24.3 Å². The van der Waals surface area contributed by atoms with Crippen LogP contribution in [0.15, 0.2) is 47.4 Å². The second-order valence-electron chi connectivity index (χ2n) is 3.20. The van der Waals surface area contributed by atoms with Crippen molar-refractivity contribution in [2.45, 2.75) is 13.2 Å². The van der Waals surface area contributed by atoms with Gasteiger partial charge in [0.15, 0.2) is 0 Å². The molecule has 0 aliphatic rings. The summed E-state index contributed by atoms with van der Waals surface area (Å²) < 4.78 is 38.5. The molecule has 2 nitrogen and oxygen atoms in total. The van der Waals surface area contributed by atoms with Crippen molar-refractivity contribution in [1.29, 1.82) is 0 Å². The molecule has 82 valence electrons. The Morgan fingerprint density at radius 3 is 2.94 bits per heavy atom. The van der Waals surface area contributed by atoms with E-state index in [4.69, 9.17) is 18.5 Å². The molecule has 0 radical (unpaired) electrons. The lowest BCUT2D eigenvalue weighted by atomic mass is 10.2. The lowest BCUT2D eigenvalue weighted by Gasteiger charge is -2.08. The number of hydrogen-bond donors (Lipinski definition) is 0. The number of aromatic nitrogens is 1. The summed E-state index contributed by atoms with van der Waals surface area (Å²) in [7, 11) is 0. The van der Waals surface area contributed by atoms with E-state index < -0.39 is 18.8 Å². The van der Waals surface area contributed by atoms with Gasteiger partial charge in [-0.15, -0.1) is 0 Å². The molecule has 1 heterocycles. The first-order valence-electron chi connectivity index (χ1n) is 7.13. The van der Waals surface area contributed by atoms with E-state index in [9.17, 15) is 4.79 Å². The van der Waals surface area contributed by atoms with Crippen LogP contribution in [0, 0.1) is 0 Å². The quantitative estimate of drug-likeness (QED) is 0.788. The Hall–Kier alpha value is -1.54. The smallest absolute Gasteiger partial charge is 0.255 e. The maximum Gasteiger partial charge on any atom is 0.255 e. The summed E-state index contributed by atoms with van der Waals surface area (Å²) in [5.41, 5.74) is -0.164. The summed E-state index contributed by atoms with van der Waals surface area (Å²) in [4.78, 5) is 11.9. The summed E-state index contributed by atoms with van der Waals surface area (Å²) in [6.45, 7) is -2.84. The van der Waals surface area contributed by atoms with E-state index in [0.29, 0.717) is 10.7 Å². The number of hydrogen-bond acceptors (Lipinski definition) is 1. The topological polar surface area (TPSA) is 22.0 Å². The minimum absolute atomic E-state index is 0.109. The minimum Gasteiger partial charge on any atom is -0.283 e. The number of nitrogens with zero attached hydrogens (tertiary/aromatic N) is 1. The number of aryl methyl sites for hydroxylation is 1. The molecule has 16 heavy (non-hydrogen) atoms. The highest BCUT2D eigenvalue weighted by Crippen LogP contribution is 2.18. The summed E-state index contributed by atoms with van der Waals surface area (Å²) in [6.07, 6.45) is -1.39. The molecule has 0 amide bonds. The molecular formula is C13H12ClNO. The Labute approximate surface area is 106 Å². The SMILES string of the molecule is [2H]C([2H])([2H])C([2H])([2H])c1ccc(=O)n(-c2ccccc2Cl)c1. The minimum atomic E-state index is -2.84. The normalized spacial score (nSPS) is 16.7. The van der Waals surface area contributed by atoms with Crippen molar-refractivity contribution >= 4 is 11.6 Å². The largest absolute Gasteiger partial charge is 0.283 e. The molecule has 0 saturated carbocycles. The van der Waals surface area contributed by atoms with Crippen molar-refractivity contribution in [3.8, 4) is 5.69 Å². The molecule has 3 heteroatoms. The lowest BCUT2D eigenvalue weighted by Crippen LogP contribution is -2.17. The van der Waals surface area contributed by atoms with Crippen LogP contribution < -0.4 is 5.56 Å². The third-order valence-corrected chi connectivity index (χ3v) is 2.49. The zero-order valence-electron chi connectivity index (χ0n) is 13.3. The fraction of sp³-hybridized carbons (Fsp3) is 0.154. The highest BCUT2D eigenvalue weighted by molar-refractivity contribution is 6.32. The number of halogens is 1. The van der Waals surface area contributed by atoms with Gasteiger partial charge in [0.2, 0.25) is 0 Å². The van der Waals surface area contributed by atoms with Gasteiger partial charge in [0.1, 0.15) is 0 Å². The molecule has 0 N–H and O–H groups in total. The number of pyridine rings is 1. The standard InChI is InChI=1S/C13H12ClNO/c1-2-10-7-8-13(16)15(9-10)12-6-4-3-5-11(12)14/h3-9H,2H2,1H3/i1D3,2D2. The van der Waals surface area contributed by atoms with Gasteiger partial charge in [-0.1, -0.05) is 36.7 Å². The van der Waals surface area contributed by atoms with Gasteiger partial charge < -0.3 is 0 Å². The average Bonchev–Trinajstić information content (AvgIpc) is 2.38. The average molecular weight is 239 g/mol. The Morgan fingerprint density at radius 1 is 1.38 bits per heavy atom. The summed E-state index contributed by atoms with van der Waals surface area (Å²) >= 11 is 6.02. The van der Waals surface area contributed by atoms with E-state index in [2.05, 4.69) is 0 Å². The Bertz CT molecular complexity index is 723. The van der Waals surface area contributed by atoms with Crippen LogP contribution in [0.2, 0.25) is 5.02 Å². The fourth-order valence-corrected chi connectivity index (χ4v) is 1.62. The second-order valence-corrected chi connectivity index (χ2v) is 3.61. The zero-order chi connectivity index (χ0) is 15.8. The molecule has 1 aromatic carbocycles. The van der Waals surface area contributed by atoms with Gasteiger partial charge in [0.05, 0.1) is 10.7 Å². The first kappa shape index (κ1) is 6.26. The molecule has 2 rings (SSSR count). The van der Waals surface area contributed by atoms with Gasteiger partial charge in [-0.2, -0.15) is 0 Å².